The third kappa shape index (κ3) is 3.52. The lowest BCUT2D eigenvalue weighted by Gasteiger charge is -2.10. The van der Waals surface area contributed by atoms with E-state index in [0.29, 0.717) is 24.3 Å². The molecular weight excluding hydrogens is 207 g/mol. The Bertz CT molecular complexity index is 387. The Morgan fingerprint density at radius 2 is 2.31 bits per heavy atom. The van der Waals surface area contributed by atoms with E-state index in [0.717, 1.165) is 0 Å². The average molecular weight is 222 g/mol. The molecule has 0 bridgehead atoms. The van der Waals surface area contributed by atoms with Crippen molar-refractivity contribution in [1.29, 1.82) is 5.26 Å². The van der Waals surface area contributed by atoms with E-state index in [2.05, 4.69) is 11.4 Å². The van der Waals surface area contributed by atoms with E-state index in [1.54, 1.807) is 26.1 Å². The number of benzene rings is 1. The van der Waals surface area contributed by atoms with Crippen LogP contribution in [0.1, 0.15) is 12.0 Å². The van der Waals surface area contributed by atoms with Crippen molar-refractivity contribution in [3.05, 3.63) is 29.6 Å². The summed E-state index contributed by atoms with van der Waals surface area (Å²) in [5.41, 5.74) is 0.558. The smallest absolute Gasteiger partial charge is 0.126 e. The van der Waals surface area contributed by atoms with Crippen LogP contribution >= 0.6 is 0 Å². The maximum atomic E-state index is 12.9. The van der Waals surface area contributed by atoms with Crippen LogP contribution in [-0.2, 0) is 0 Å². The second-order valence-electron chi connectivity index (χ2n) is 3.52. The molecule has 0 spiro atoms. The lowest BCUT2D eigenvalue weighted by molar-refractivity contribution is 0.299. The summed E-state index contributed by atoms with van der Waals surface area (Å²) in [5.74, 6) is 0.393. The van der Waals surface area contributed by atoms with Crippen molar-refractivity contribution in [3.8, 4) is 11.8 Å². The highest BCUT2D eigenvalue weighted by Crippen LogP contribution is 2.16. The Balaban J connectivity index is 2.43. The van der Waals surface area contributed by atoms with Crippen LogP contribution < -0.4 is 10.1 Å². The van der Waals surface area contributed by atoms with Crippen molar-refractivity contribution in [2.45, 2.75) is 19.4 Å². The lowest BCUT2D eigenvalue weighted by atomic mass is 10.2. The molecule has 0 radical (unpaired) electrons. The largest absolute Gasteiger partial charge is 0.493 e. The summed E-state index contributed by atoms with van der Waals surface area (Å²) in [6, 6.07) is 6.52. The molecule has 1 N–H and O–H groups in total. The van der Waals surface area contributed by atoms with Crippen LogP contribution in [0.4, 0.5) is 4.39 Å². The molecule has 0 aromatic heterocycles. The van der Waals surface area contributed by atoms with Crippen LogP contribution in [0, 0.1) is 24.1 Å². The molecule has 0 aliphatic rings. The number of aryl methyl sites for hydroxylation is 1. The number of nitrogens with one attached hydrogen (secondary N) is 1. The molecule has 3 nitrogen and oxygen atoms in total. The summed E-state index contributed by atoms with van der Waals surface area (Å²) in [6.45, 7) is 2.12. The molecule has 16 heavy (non-hydrogen) atoms. The molecule has 4 heteroatoms. The lowest BCUT2D eigenvalue weighted by Crippen LogP contribution is -2.25. The first kappa shape index (κ1) is 12.5. The van der Waals surface area contributed by atoms with Crippen molar-refractivity contribution < 1.29 is 9.13 Å². The van der Waals surface area contributed by atoms with Gasteiger partial charge in [-0.2, -0.15) is 5.26 Å². The van der Waals surface area contributed by atoms with Crippen LogP contribution in [0.2, 0.25) is 0 Å². The summed E-state index contributed by atoms with van der Waals surface area (Å²) in [7, 11) is 1.73. The predicted octanol–water partition coefficient (Wildman–Crippen LogP) is 2.01. The Kier molecular flexibility index (Phi) is 4.74. The van der Waals surface area contributed by atoms with E-state index >= 15 is 0 Å². The standard InChI is InChI=1S/C12H15FN2O/c1-9-7-11(3-4-12(9)13)16-6-5-10(8-14)15-2/h3-4,7,10,15H,5-6H2,1-2H3. The van der Waals surface area contributed by atoms with Gasteiger partial charge in [-0.05, 0) is 37.7 Å². The van der Waals surface area contributed by atoms with Gasteiger partial charge in [0.25, 0.3) is 0 Å². The fourth-order valence-electron chi connectivity index (χ4n) is 1.28. The van der Waals surface area contributed by atoms with Crippen molar-refractivity contribution in [1.82, 2.24) is 5.32 Å². The van der Waals surface area contributed by atoms with E-state index in [9.17, 15) is 4.39 Å². The molecule has 0 fully saturated rings. The van der Waals surface area contributed by atoms with Gasteiger partial charge in [-0.1, -0.05) is 0 Å². The quantitative estimate of drug-likeness (QED) is 0.829. The van der Waals surface area contributed by atoms with Crippen LogP contribution in [-0.4, -0.2) is 19.7 Å². The van der Waals surface area contributed by atoms with E-state index in [1.807, 2.05) is 0 Å². The molecule has 86 valence electrons. The molecule has 0 aliphatic heterocycles. The minimum Gasteiger partial charge on any atom is -0.493 e. The summed E-state index contributed by atoms with van der Waals surface area (Å²) in [4.78, 5) is 0. The van der Waals surface area contributed by atoms with E-state index < -0.39 is 0 Å². The first-order chi connectivity index (χ1) is 7.67. The van der Waals surface area contributed by atoms with Crippen molar-refractivity contribution in [2.24, 2.45) is 0 Å². The number of rotatable bonds is 5. The zero-order valence-electron chi connectivity index (χ0n) is 9.46. The Hall–Kier alpha value is -1.60. The van der Waals surface area contributed by atoms with E-state index in [1.165, 1.54) is 6.07 Å². The summed E-state index contributed by atoms with van der Waals surface area (Å²) in [6.07, 6.45) is 0.601. The van der Waals surface area contributed by atoms with Crippen LogP contribution in [0.3, 0.4) is 0 Å². The van der Waals surface area contributed by atoms with Gasteiger partial charge in [0, 0.05) is 6.42 Å². The van der Waals surface area contributed by atoms with Crippen LogP contribution in [0.25, 0.3) is 0 Å². The normalized spacial score (nSPS) is 11.9. The summed E-state index contributed by atoms with van der Waals surface area (Å²) >= 11 is 0. The minimum atomic E-state index is -0.238. The highest BCUT2D eigenvalue weighted by Gasteiger charge is 2.04. The van der Waals surface area contributed by atoms with Crippen molar-refractivity contribution in [3.63, 3.8) is 0 Å². The van der Waals surface area contributed by atoms with E-state index in [-0.39, 0.29) is 11.9 Å². The second-order valence-corrected chi connectivity index (χ2v) is 3.52. The molecule has 1 atom stereocenters. The van der Waals surface area contributed by atoms with Gasteiger partial charge in [0.15, 0.2) is 0 Å². The summed E-state index contributed by atoms with van der Waals surface area (Å²) < 4.78 is 18.4. The van der Waals surface area contributed by atoms with Crippen LogP contribution in [0.15, 0.2) is 18.2 Å². The van der Waals surface area contributed by atoms with Gasteiger partial charge in [-0.15, -0.1) is 0 Å². The van der Waals surface area contributed by atoms with Crippen molar-refractivity contribution in [2.75, 3.05) is 13.7 Å². The van der Waals surface area contributed by atoms with Gasteiger partial charge < -0.3 is 10.1 Å². The summed E-state index contributed by atoms with van der Waals surface area (Å²) in [5, 5.41) is 11.5. The number of nitriles is 1. The van der Waals surface area contributed by atoms with Gasteiger partial charge in [0.2, 0.25) is 0 Å². The number of hydrogen-bond donors (Lipinski definition) is 1. The maximum Gasteiger partial charge on any atom is 0.126 e. The predicted molar refractivity (Wildman–Crippen MR) is 59.7 cm³/mol. The molecule has 0 amide bonds. The Morgan fingerprint density at radius 3 is 2.88 bits per heavy atom. The van der Waals surface area contributed by atoms with Crippen LogP contribution in [0.5, 0.6) is 5.75 Å². The number of ether oxygens (including phenoxy) is 1. The van der Waals surface area contributed by atoms with Gasteiger partial charge >= 0.3 is 0 Å². The number of halogens is 1. The fourth-order valence-corrected chi connectivity index (χ4v) is 1.28. The first-order valence-corrected chi connectivity index (χ1v) is 5.13. The molecule has 1 aromatic carbocycles. The molecule has 1 aromatic rings. The second kappa shape index (κ2) is 6.09. The zero-order chi connectivity index (χ0) is 12.0. The van der Waals surface area contributed by atoms with E-state index in [4.69, 9.17) is 10.00 Å². The van der Waals surface area contributed by atoms with Gasteiger partial charge in [0.05, 0.1) is 18.7 Å². The number of nitrogens with zero attached hydrogens (tertiary/aromatic N) is 1. The molecular formula is C12H15FN2O. The fraction of sp³-hybridized carbons (Fsp3) is 0.417. The molecule has 0 heterocycles. The Labute approximate surface area is 94.8 Å². The molecule has 1 unspecified atom stereocenters. The third-order valence-corrected chi connectivity index (χ3v) is 2.31. The van der Waals surface area contributed by atoms with Gasteiger partial charge in [0.1, 0.15) is 11.6 Å². The molecule has 0 saturated carbocycles. The SMILES string of the molecule is CNC(C#N)CCOc1ccc(F)c(C)c1. The highest BCUT2D eigenvalue weighted by atomic mass is 19.1. The Morgan fingerprint density at radius 1 is 1.56 bits per heavy atom. The zero-order valence-corrected chi connectivity index (χ0v) is 9.46. The maximum absolute atomic E-state index is 12.9. The molecule has 0 saturated heterocycles. The van der Waals surface area contributed by atoms with Crippen molar-refractivity contribution >= 4 is 0 Å². The first-order valence-electron chi connectivity index (χ1n) is 5.13. The highest BCUT2D eigenvalue weighted by molar-refractivity contribution is 5.28. The molecule has 1 rings (SSSR count). The minimum absolute atomic E-state index is 0.207. The monoisotopic (exact) mass is 222 g/mol. The van der Waals surface area contributed by atoms with Gasteiger partial charge in [-0.3, -0.25) is 0 Å². The van der Waals surface area contributed by atoms with Gasteiger partial charge in [-0.25, -0.2) is 4.39 Å². The third-order valence-electron chi connectivity index (χ3n) is 2.31. The number of hydrogen-bond acceptors (Lipinski definition) is 3. The average Bonchev–Trinajstić information content (AvgIpc) is 2.29. The molecule has 0 aliphatic carbocycles. The topological polar surface area (TPSA) is 45.0 Å².